The molecule has 0 spiro atoms. The number of nitrogens with zero attached hydrogens (tertiary/aromatic N) is 2. The Morgan fingerprint density at radius 3 is 2.37 bits per heavy atom. The Morgan fingerprint density at radius 1 is 0.933 bits per heavy atom. The fourth-order valence-electron chi connectivity index (χ4n) is 3.80. The SMILES string of the molecule is COc1cccc(N2CCN(C(=O)C(=O)c3cc(-c4ccccc4)[nH]c3C)CC2)c1. The van der Waals surface area contributed by atoms with Crippen molar-refractivity contribution in [3.05, 3.63) is 71.9 Å². The minimum atomic E-state index is -0.458. The van der Waals surface area contributed by atoms with Crippen molar-refractivity contribution in [3.8, 4) is 17.0 Å². The number of hydrogen-bond donors (Lipinski definition) is 1. The third-order valence-electron chi connectivity index (χ3n) is 5.52. The van der Waals surface area contributed by atoms with E-state index in [1.807, 2.05) is 61.5 Å². The van der Waals surface area contributed by atoms with E-state index in [4.69, 9.17) is 4.74 Å². The van der Waals surface area contributed by atoms with Gasteiger partial charge in [-0.1, -0.05) is 36.4 Å². The molecule has 0 atom stereocenters. The molecule has 2 heterocycles. The van der Waals surface area contributed by atoms with Crippen LogP contribution in [0.3, 0.4) is 0 Å². The molecule has 1 fully saturated rings. The minimum absolute atomic E-state index is 0.439. The fourth-order valence-corrected chi connectivity index (χ4v) is 3.80. The Bertz CT molecular complexity index is 1050. The van der Waals surface area contributed by atoms with E-state index < -0.39 is 11.7 Å². The van der Waals surface area contributed by atoms with Gasteiger partial charge in [-0.3, -0.25) is 9.59 Å². The average molecular weight is 403 g/mol. The molecular weight excluding hydrogens is 378 g/mol. The zero-order chi connectivity index (χ0) is 21.1. The Kier molecular flexibility index (Phi) is 5.57. The monoisotopic (exact) mass is 403 g/mol. The number of amides is 1. The van der Waals surface area contributed by atoms with Gasteiger partial charge in [0.15, 0.2) is 0 Å². The smallest absolute Gasteiger partial charge is 0.295 e. The van der Waals surface area contributed by atoms with Gasteiger partial charge in [-0.2, -0.15) is 0 Å². The van der Waals surface area contributed by atoms with Crippen LogP contribution in [-0.4, -0.2) is 54.9 Å². The molecule has 30 heavy (non-hydrogen) atoms. The molecular formula is C24H25N3O3. The second-order valence-electron chi connectivity index (χ2n) is 7.40. The van der Waals surface area contributed by atoms with Crippen LogP contribution >= 0.6 is 0 Å². The van der Waals surface area contributed by atoms with Crippen LogP contribution < -0.4 is 9.64 Å². The predicted molar refractivity (Wildman–Crippen MR) is 117 cm³/mol. The van der Waals surface area contributed by atoms with Crippen LogP contribution in [0.15, 0.2) is 60.7 Å². The number of H-pyrrole nitrogens is 1. The summed E-state index contributed by atoms with van der Waals surface area (Å²) in [5.41, 5.74) is 4.03. The van der Waals surface area contributed by atoms with Gasteiger partial charge in [0.2, 0.25) is 0 Å². The molecule has 1 N–H and O–H groups in total. The van der Waals surface area contributed by atoms with E-state index in [-0.39, 0.29) is 0 Å². The predicted octanol–water partition coefficient (Wildman–Crippen LogP) is 3.53. The molecule has 0 saturated carbocycles. The number of carbonyl (C=O) groups excluding carboxylic acids is 2. The number of aromatic nitrogens is 1. The van der Waals surface area contributed by atoms with Crippen LogP contribution in [0.4, 0.5) is 5.69 Å². The van der Waals surface area contributed by atoms with Crippen molar-refractivity contribution in [1.82, 2.24) is 9.88 Å². The lowest BCUT2D eigenvalue weighted by Gasteiger charge is -2.35. The van der Waals surface area contributed by atoms with Crippen molar-refractivity contribution in [3.63, 3.8) is 0 Å². The number of Topliss-reactive ketones (excluding diaryl/α,β-unsaturated/α-hetero) is 1. The first-order valence-corrected chi connectivity index (χ1v) is 10.0. The Hall–Kier alpha value is -3.54. The van der Waals surface area contributed by atoms with Crippen molar-refractivity contribution in [2.75, 3.05) is 38.2 Å². The summed E-state index contributed by atoms with van der Waals surface area (Å²) in [6.45, 7) is 4.20. The van der Waals surface area contributed by atoms with Crippen molar-refractivity contribution >= 4 is 17.4 Å². The van der Waals surface area contributed by atoms with Crippen LogP contribution in [0.1, 0.15) is 16.1 Å². The second-order valence-corrected chi connectivity index (χ2v) is 7.40. The number of benzene rings is 2. The molecule has 6 nitrogen and oxygen atoms in total. The molecule has 0 radical (unpaired) electrons. The third-order valence-corrected chi connectivity index (χ3v) is 5.52. The number of ketones is 1. The first-order valence-electron chi connectivity index (χ1n) is 10.0. The van der Waals surface area contributed by atoms with Gasteiger partial charge in [-0.15, -0.1) is 0 Å². The molecule has 154 valence electrons. The molecule has 1 saturated heterocycles. The van der Waals surface area contributed by atoms with Crippen LogP contribution in [-0.2, 0) is 4.79 Å². The number of ether oxygens (including phenoxy) is 1. The number of carbonyl (C=O) groups is 2. The number of hydrogen-bond acceptors (Lipinski definition) is 4. The van der Waals surface area contributed by atoms with E-state index in [9.17, 15) is 9.59 Å². The van der Waals surface area contributed by atoms with Gasteiger partial charge >= 0.3 is 0 Å². The van der Waals surface area contributed by atoms with Crippen LogP contribution in [0.25, 0.3) is 11.3 Å². The van der Waals surface area contributed by atoms with Crippen LogP contribution in [0, 0.1) is 6.92 Å². The summed E-state index contributed by atoms with van der Waals surface area (Å²) in [5.74, 6) is -0.0962. The normalized spacial score (nSPS) is 13.9. The van der Waals surface area contributed by atoms with Crippen molar-refractivity contribution in [2.45, 2.75) is 6.92 Å². The number of rotatable bonds is 5. The molecule has 3 aromatic rings. The maximum Gasteiger partial charge on any atom is 0.295 e. The maximum absolute atomic E-state index is 12.9. The summed E-state index contributed by atoms with van der Waals surface area (Å²) in [6.07, 6.45) is 0. The van der Waals surface area contributed by atoms with E-state index in [2.05, 4.69) is 9.88 Å². The minimum Gasteiger partial charge on any atom is -0.497 e. The standard InChI is InChI=1S/C24H25N3O3/c1-17-21(16-22(25-17)18-7-4-3-5-8-18)23(28)24(29)27-13-11-26(12-14-27)19-9-6-10-20(15-19)30-2/h3-10,15-16,25H,11-14H2,1-2H3. The highest BCUT2D eigenvalue weighted by atomic mass is 16.5. The number of aromatic amines is 1. The van der Waals surface area contributed by atoms with E-state index in [1.165, 1.54) is 0 Å². The zero-order valence-electron chi connectivity index (χ0n) is 17.2. The quantitative estimate of drug-likeness (QED) is 0.523. The average Bonchev–Trinajstić information content (AvgIpc) is 3.20. The molecule has 1 aliphatic heterocycles. The lowest BCUT2D eigenvalue weighted by molar-refractivity contribution is -0.126. The molecule has 4 rings (SSSR count). The van der Waals surface area contributed by atoms with Crippen molar-refractivity contribution in [1.29, 1.82) is 0 Å². The molecule has 0 unspecified atom stereocenters. The van der Waals surface area contributed by atoms with Gasteiger partial charge < -0.3 is 19.5 Å². The molecule has 6 heteroatoms. The molecule has 0 bridgehead atoms. The van der Waals surface area contributed by atoms with Gasteiger partial charge in [0.05, 0.1) is 7.11 Å². The van der Waals surface area contributed by atoms with E-state index in [1.54, 1.807) is 18.1 Å². The molecule has 2 aromatic carbocycles. The summed E-state index contributed by atoms with van der Waals surface area (Å²) in [5, 5.41) is 0. The largest absolute Gasteiger partial charge is 0.497 e. The lowest BCUT2D eigenvalue weighted by Crippen LogP contribution is -2.50. The molecule has 1 aromatic heterocycles. The fraction of sp³-hybridized carbons (Fsp3) is 0.250. The number of anilines is 1. The molecule has 1 aliphatic rings. The number of piperazine rings is 1. The van der Waals surface area contributed by atoms with Crippen molar-refractivity contribution in [2.24, 2.45) is 0 Å². The van der Waals surface area contributed by atoms with Gasteiger partial charge in [0.25, 0.3) is 11.7 Å². The van der Waals surface area contributed by atoms with Crippen molar-refractivity contribution < 1.29 is 14.3 Å². The van der Waals surface area contributed by atoms with Crippen LogP contribution in [0.5, 0.6) is 5.75 Å². The number of methoxy groups -OCH3 is 1. The first-order chi connectivity index (χ1) is 14.6. The lowest BCUT2D eigenvalue weighted by atomic mass is 10.1. The zero-order valence-corrected chi connectivity index (χ0v) is 17.2. The molecule has 1 amide bonds. The first kappa shape index (κ1) is 19.8. The maximum atomic E-state index is 12.9. The highest BCUT2D eigenvalue weighted by Crippen LogP contribution is 2.24. The highest BCUT2D eigenvalue weighted by molar-refractivity contribution is 6.43. The van der Waals surface area contributed by atoms with Gasteiger partial charge in [-0.25, -0.2) is 0 Å². The van der Waals surface area contributed by atoms with Gasteiger partial charge in [0, 0.05) is 54.9 Å². The summed E-state index contributed by atoms with van der Waals surface area (Å²) in [6, 6.07) is 19.4. The number of aryl methyl sites for hydroxylation is 1. The van der Waals surface area contributed by atoms with Gasteiger partial charge in [-0.05, 0) is 30.7 Å². The Labute approximate surface area is 176 Å². The van der Waals surface area contributed by atoms with Gasteiger partial charge in [0.1, 0.15) is 5.75 Å². The Morgan fingerprint density at radius 2 is 1.67 bits per heavy atom. The highest BCUT2D eigenvalue weighted by Gasteiger charge is 2.28. The summed E-state index contributed by atoms with van der Waals surface area (Å²) in [7, 11) is 1.65. The Balaban J connectivity index is 1.43. The van der Waals surface area contributed by atoms with E-state index in [0.29, 0.717) is 37.4 Å². The summed E-state index contributed by atoms with van der Waals surface area (Å²) in [4.78, 5) is 32.8. The number of nitrogens with one attached hydrogen (secondary N) is 1. The topological polar surface area (TPSA) is 65.6 Å². The second kappa shape index (κ2) is 8.45. The molecule has 0 aliphatic carbocycles. The van der Waals surface area contributed by atoms with Crippen LogP contribution in [0.2, 0.25) is 0 Å². The third kappa shape index (κ3) is 3.94. The van der Waals surface area contributed by atoms with E-state index in [0.717, 1.165) is 22.7 Å². The summed E-state index contributed by atoms with van der Waals surface area (Å²) >= 11 is 0. The summed E-state index contributed by atoms with van der Waals surface area (Å²) < 4.78 is 5.29. The van der Waals surface area contributed by atoms with E-state index >= 15 is 0 Å².